The van der Waals surface area contributed by atoms with E-state index in [-0.39, 0.29) is 29.6 Å². The van der Waals surface area contributed by atoms with Crippen molar-refractivity contribution < 1.29 is 14.4 Å². The molecule has 3 amide bonds. The molecule has 2 atom stereocenters. The largest absolute Gasteiger partial charge is 0.322 e. The monoisotopic (exact) mass is 346 g/mol. The zero-order chi connectivity index (χ0) is 18.1. The summed E-state index contributed by atoms with van der Waals surface area (Å²) in [7, 11) is 0. The molecule has 1 aliphatic carbocycles. The number of amides is 3. The number of allylic oxidation sites excluding steroid dienone is 2. The Hall–Kier alpha value is -3.21. The van der Waals surface area contributed by atoms with Gasteiger partial charge in [-0.2, -0.15) is 0 Å². The Labute approximate surface area is 151 Å². The van der Waals surface area contributed by atoms with Gasteiger partial charge in [0.1, 0.15) is 0 Å². The molecular formula is C21H18N2O3. The van der Waals surface area contributed by atoms with Crippen LogP contribution in [0.5, 0.6) is 0 Å². The Bertz CT molecular complexity index is 878. The summed E-state index contributed by atoms with van der Waals surface area (Å²) in [5.74, 6) is -1.20. The van der Waals surface area contributed by atoms with Crippen LogP contribution in [0.15, 0.2) is 66.7 Å². The Morgan fingerprint density at radius 3 is 2.19 bits per heavy atom. The number of anilines is 2. The summed E-state index contributed by atoms with van der Waals surface area (Å²) in [6.07, 6.45) is 5.11. The molecule has 1 aliphatic heterocycles. The molecule has 0 spiro atoms. The molecule has 0 radical (unpaired) electrons. The fourth-order valence-corrected chi connectivity index (χ4v) is 3.57. The Morgan fingerprint density at radius 1 is 0.885 bits per heavy atom. The van der Waals surface area contributed by atoms with E-state index < -0.39 is 0 Å². The predicted octanol–water partition coefficient (Wildman–Crippen LogP) is 3.39. The molecule has 0 aromatic heterocycles. The van der Waals surface area contributed by atoms with Gasteiger partial charge in [-0.25, -0.2) is 0 Å². The van der Waals surface area contributed by atoms with Gasteiger partial charge in [-0.15, -0.1) is 0 Å². The quantitative estimate of drug-likeness (QED) is 0.684. The molecule has 1 fully saturated rings. The van der Waals surface area contributed by atoms with E-state index in [1.165, 1.54) is 4.90 Å². The molecule has 1 saturated heterocycles. The maximum absolute atomic E-state index is 12.7. The lowest BCUT2D eigenvalue weighted by Gasteiger charge is -2.16. The smallest absolute Gasteiger partial charge is 0.255 e. The van der Waals surface area contributed by atoms with E-state index in [2.05, 4.69) is 5.32 Å². The van der Waals surface area contributed by atoms with E-state index in [0.717, 1.165) is 0 Å². The van der Waals surface area contributed by atoms with Crippen LogP contribution in [0.25, 0.3) is 0 Å². The van der Waals surface area contributed by atoms with Crippen LogP contribution in [0.4, 0.5) is 11.4 Å². The van der Waals surface area contributed by atoms with Crippen molar-refractivity contribution in [3.8, 4) is 0 Å². The van der Waals surface area contributed by atoms with Crippen molar-refractivity contribution in [3.05, 3.63) is 72.3 Å². The maximum atomic E-state index is 12.7. The van der Waals surface area contributed by atoms with Gasteiger partial charge >= 0.3 is 0 Å². The van der Waals surface area contributed by atoms with Crippen LogP contribution in [0.2, 0.25) is 0 Å². The molecule has 26 heavy (non-hydrogen) atoms. The Balaban J connectivity index is 1.59. The summed E-state index contributed by atoms with van der Waals surface area (Å²) in [5.41, 5.74) is 1.54. The van der Waals surface area contributed by atoms with Crippen LogP contribution in [0.3, 0.4) is 0 Å². The van der Waals surface area contributed by atoms with Crippen molar-refractivity contribution in [1.29, 1.82) is 0 Å². The van der Waals surface area contributed by atoms with Crippen molar-refractivity contribution >= 4 is 29.1 Å². The lowest BCUT2D eigenvalue weighted by atomic mass is 9.85. The summed E-state index contributed by atoms with van der Waals surface area (Å²) >= 11 is 0. The van der Waals surface area contributed by atoms with E-state index in [9.17, 15) is 14.4 Å². The Morgan fingerprint density at radius 2 is 1.54 bits per heavy atom. The van der Waals surface area contributed by atoms with Crippen molar-refractivity contribution in [2.45, 2.75) is 12.8 Å². The number of hydrogen-bond acceptors (Lipinski definition) is 3. The minimum absolute atomic E-state index is 0.176. The fourth-order valence-electron chi connectivity index (χ4n) is 3.57. The third-order valence-electron chi connectivity index (χ3n) is 4.91. The summed E-state index contributed by atoms with van der Waals surface area (Å²) in [6.45, 7) is 0. The Kier molecular flexibility index (Phi) is 4.13. The van der Waals surface area contributed by atoms with Gasteiger partial charge in [0.05, 0.1) is 17.5 Å². The number of hydrogen-bond donors (Lipinski definition) is 1. The topological polar surface area (TPSA) is 66.5 Å². The van der Waals surface area contributed by atoms with Gasteiger partial charge in [0.2, 0.25) is 11.8 Å². The number of nitrogens with one attached hydrogen (secondary N) is 1. The number of para-hydroxylation sites is 1. The van der Waals surface area contributed by atoms with E-state index in [1.807, 2.05) is 30.4 Å². The van der Waals surface area contributed by atoms with Gasteiger partial charge in [-0.05, 0) is 43.2 Å². The number of rotatable bonds is 3. The molecule has 2 aromatic rings. The molecule has 0 saturated carbocycles. The van der Waals surface area contributed by atoms with Crippen molar-refractivity contribution in [3.63, 3.8) is 0 Å². The number of benzene rings is 2. The fraction of sp³-hybridized carbons (Fsp3) is 0.190. The van der Waals surface area contributed by atoms with Crippen LogP contribution in [-0.4, -0.2) is 17.7 Å². The van der Waals surface area contributed by atoms with E-state index in [4.69, 9.17) is 0 Å². The highest BCUT2D eigenvalue weighted by Gasteiger charge is 2.47. The third-order valence-corrected chi connectivity index (χ3v) is 4.91. The molecule has 2 aromatic carbocycles. The maximum Gasteiger partial charge on any atom is 0.255 e. The molecule has 5 heteroatoms. The van der Waals surface area contributed by atoms with Crippen LogP contribution in [0.1, 0.15) is 23.2 Å². The van der Waals surface area contributed by atoms with Crippen molar-refractivity contribution in [2.24, 2.45) is 11.8 Å². The third kappa shape index (κ3) is 2.81. The molecule has 0 bridgehead atoms. The summed E-state index contributed by atoms with van der Waals surface area (Å²) in [4.78, 5) is 39.1. The number of carbonyl (C=O) groups is 3. The van der Waals surface area contributed by atoms with E-state index in [1.54, 1.807) is 36.4 Å². The van der Waals surface area contributed by atoms with Crippen LogP contribution in [-0.2, 0) is 9.59 Å². The summed E-state index contributed by atoms with van der Waals surface area (Å²) in [6, 6.07) is 15.8. The lowest BCUT2D eigenvalue weighted by Crippen LogP contribution is -2.31. The average molecular weight is 346 g/mol. The van der Waals surface area contributed by atoms with Gasteiger partial charge in [0.25, 0.3) is 5.91 Å². The van der Waals surface area contributed by atoms with Crippen LogP contribution in [0, 0.1) is 11.8 Å². The minimum atomic E-state index is -0.283. The van der Waals surface area contributed by atoms with Crippen LogP contribution >= 0.6 is 0 Å². The summed E-state index contributed by atoms with van der Waals surface area (Å²) < 4.78 is 0. The number of fused-ring (bicyclic) bond motifs is 1. The molecule has 5 nitrogen and oxygen atoms in total. The van der Waals surface area contributed by atoms with E-state index in [0.29, 0.717) is 29.8 Å². The van der Waals surface area contributed by atoms with E-state index >= 15 is 0 Å². The molecule has 1 heterocycles. The zero-order valence-corrected chi connectivity index (χ0v) is 14.1. The van der Waals surface area contributed by atoms with Gasteiger partial charge in [0, 0.05) is 11.3 Å². The SMILES string of the molecule is O=C(Nc1ccccc1)c1cccc(N2C(=O)[C@H]3CC=CC[C@H]3C2=O)c1. The molecule has 4 rings (SSSR count). The lowest BCUT2D eigenvalue weighted by molar-refractivity contribution is -0.122. The van der Waals surface area contributed by atoms with Gasteiger partial charge < -0.3 is 5.32 Å². The second-order valence-corrected chi connectivity index (χ2v) is 6.54. The molecular weight excluding hydrogens is 328 g/mol. The minimum Gasteiger partial charge on any atom is -0.322 e. The second kappa shape index (κ2) is 6.59. The highest BCUT2D eigenvalue weighted by atomic mass is 16.2. The standard InChI is InChI=1S/C21H18N2O3/c24-19(22-15-8-2-1-3-9-15)14-7-6-10-16(13-14)23-20(25)17-11-4-5-12-18(17)21(23)26/h1-10,13,17-18H,11-12H2,(H,22,24)/t17-,18+. The van der Waals surface area contributed by atoms with Crippen molar-refractivity contribution in [1.82, 2.24) is 0 Å². The normalized spacial score (nSPS) is 21.6. The first-order valence-corrected chi connectivity index (χ1v) is 8.64. The molecule has 2 aliphatic rings. The first-order valence-electron chi connectivity index (χ1n) is 8.64. The molecule has 1 N–H and O–H groups in total. The second-order valence-electron chi connectivity index (χ2n) is 6.54. The number of carbonyl (C=O) groups excluding carboxylic acids is 3. The zero-order valence-electron chi connectivity index (χ0n) is 14.1. The van der Waals surface area contributed by atoms with Gasteiger partial charge in [0.15, 0.2) is 0 Å². The predicted molar refractivity (Wildman–Crippen MR) is 98.7 cm³/mol. The first kappa shape index (κ1) is 16.3. The highest BCUT2D eigenvalue weighted by Crippen LogP contribution is 2.37. The van der Waals surface area contributed by atoms with Crippen molar-refractivity contribution in [2.75, 3.05) is 10.2 Å². The van der Waals surface area contributed by atoms with Crippen LogP contribution < -0.4 is 10.2 Å². The molecule has 130 valence electrons. The molecule has 0 unspecified atom stereocenters. The highest BCUT2D eigenvalue weighted by molar-refractivity contribution is 6.22. The number of imide groups is 1. The van der Waals surface area contributed by atoms with Gasteiger partial charge in [-0.1, -0.05) is 36.4 Å². The summed E-state index contributed by atoms with van der Waals surface area (Å²) in [5, 5.41) is 2.81. The number of nitrogens with zero attached hydrogens (tertiary/aromatic N) is 1. The van der Waals surface area contributed by atoms with Gasteiger partial charge in [-0.3, -0.25) is 19.3 Å². The first-order chi connectivity index (χ1) is 12.6. The average Bonchev–Trinajstić information content (AvgIpc) is 2.94.